The highest BCUT2D eigenvalue weighted by atomic mass is 127. The first-order valence-corrected chi connectivity index (χ1v) is 11.0. The molecule has 1 aromatic carbocycles. The Labute approximate surface area is 204 Å². The number of carbonyl (C=O) groups excluding carboxylic acids is 1. The van der Waals surface area contributed by atoms with Crippen LogP contribution in [0.25, 0.3) is 0 Å². The third-order valence-electron chi connectivity index (χ3n) is 4.76. The molecular formula is C23H39IN4O3. The van der Waals surface area contributed by atoms with Crippen LogP contribution in [0, 0.1) is 12.8 Å². The van der Waals surface area contributed by atoms with Gasteiger partial charge in [-0.25, -0.2) is 4.79 Å². The molecule has 3 N–H and O–H groups in total. The van der Waals surface area contributed by atoms with Crippen LogP contribution in [0.2, 0.25) is 0 Å². The zero-order valence-corrected chi connectivity index (χ0v) is 21.8. The van der Waals surface area contributed by atoms with Gasteiger partial charge in [-0.2, -0.15) is 0 Å². The van der Waals surface area contributed by atoms with Crippen LogP contribution in [0.15, 0.2) is 29.3 Å². The van der Waals surface area contributed by atoms with E-state index in [-0.39, 0.29) is 30.1 Å². The Morgan fingerprint density at radius 3 is 2.48 bits per heavy atom. The fourth-order valence-electron chi connectivity index (χ4n) is 3.36. The fourth-order valence-corrected chi connectivity index (χ4v) is 3.36. The van der Waals surface area contributed by atoms with Crippen molar-refractivity contribution in [2.24, 2.45) is 10.9 Å². The number of benzene rings is 1. The second-order valence-electron chi connectivity index (χ2n) is 8.68. The third kappa shape index (κ3) is 10.5. The summed E-state index contributed by atoms with van der Waals surface area (Å²) in [4.78, 5) is 16.5. The third-order valence-corrected chi connectivity index (χ3v) is 4.76. The van der Waals surface area contributed by atoms with Crippen LogP contribution in [0.4, 0.5) is 4.79 Å². The normalized spacial score (nSPS) is 19.2. The van der Waals surface area contributed by atoms with Crippen LogP contribution in [-0.2, 0) is 9.47 Å². The van der Waals surface area contributed by atoms with Gasteiger partial charge in [0.25, 0.3) is 0 Å². The largest absolute Gasteiger partial charge is 0.444 e. The van der Waals surface area contributed by atoms with Crippen LogP contribution >= 0.6 is 24.0 Å². The van der Waals surface area contributed by atoms with Crippen molar-refractivity contribution in [1.82, 2.24) is 16.0 Å². The molecule has 0 aliphatic carbocycles. The molecule has 0 saturated carbocycles. The summed E-state index contributed by atoms with van der Waals surface area (Å²) in [5.74, 6) is 1.09. The Kier molecular flexibility index (Phi) is 12.2. The van der Waals surface area contributed by atoms with E-state index in [2.05, 4.69) is 47.1 Å². The van der Waals surface area contributed by atoms with Gasteiger partial charge in [0.2, 0.25) is 0 Å². The first-order valence-electron chi connectivity index (χ1n) is 11.0. The predicted molar refractivity (Wildman–Crippen MR) is 136 cm³/mol. The molecule has 1 fully saturated rings. The lowest BCUT2D eigenvalue weighted by Gasteiger charge is -2.31. The topological polar surface area (TPSA) is 84.0 Å². The van der Waals surface area contributed by atoms with Gasteiger partial charge in [-0.3, -0.25) is 4.99 Å². The standard InChI is InChI=1S/C23H38N4O3.HI/c1-6-24-21(25-13-14-26-22(28)30-23(3,4)5)27-16-19-8-7-15-29-20(19)18-11-9-17(2)10-12-18;/h9-12,19-20H,6-8,13-16H2,1-5H3,(H,26,28)(H2,24,25,27);1H. The van der Waals surface area contributed by atoms with E-state index in [9.17, 15) is 4.79 Å². The van der Waals surface area contributed by atoms with Gasteiger partial charge in [0.05, 0.1) is 6.10 Å². The minimum absolute atomic E-state index is 0. The number of amides is 1. The Bertz CT molecular complexity index is 689. The fraction of sp³-hybridized carbons (Fsp3) is 0.652. The molecule has 1 aromatic rings. The molecule has 1 aliphatic heterocycles. The molecule has 2 rings (SSSR count). The predicted octanol–water partition coefficient (Wildman–Crippen LogP) is 4.16. The quantitative estimate of drug-likeness (QED) is 0.207. The minimum atomic E-state index is -0.496. The molecule has 0 radical (unpaired) electrons. The highest BCUT2D eigenvalue weighted by molar-refractivity contribution is 14.0. The number of hydrogen-bond donors (Lipinski definition) is 3. The summed E-state index contributed by atoms with van der Waals surface area (Å²) >= 11 is 0. The summed E-state index contributed by atoms with van der Waals surface area (Å²) in [6, 6.07) is 8.59. The summed E-state index contributed by atoms with van der Waals surface area (Å²) in [7, 11) is 0. The molecule has 1 aliphatic rings. The number of rotatable bonds is 7. The molecule has 31 heavy (non-hydrogen) atoms. The van der Waals surface area contributed by atoms with Crippen LogP contribution in [0.1, 0.15) is 57.8 Å². The number of alkyl carbamates (subject to hydrolysis) is 1. The van der Waals surface area contributed by atoms with E-state index >= 15 is 0 Å². The van der Waals surface area contributed by atoms with Crippen molar-refractivity contribution in [3.8, 4) is 0 Å². The number of aliphatic imine (C=N–C) groups is 1. The Balaban J connectivity index is 0.00000480. The highest BCUT2D eigenvalue weighted by Gasteiger charge is 2.27. The maximum atomic E-state index is 11.7. The SMILES string of the molecule is CCNC(=NCC1CCCOC1c1ccc(C)cc1)NCCNC(=O)OC(C)(C)C.I. The number of hydrogen-bond acceptors (Lipinski definition) is 4. The van der Waals surface area contributed by atoms with E-state index in [1.807, 2.05) is 27.7 Å². The first-order chi connectivity index (χ1) is 14.3. The average molecular weight is 546 g/mol. The van der Waals surface area contributed by atoms with Gasteiger partial charge in [-0.15, -0.1) is 24.0 Å². The number of aryl methyl sites for hydroxylation is 1. The van der Waals surface area contributed by atoms with Crippen molar-refractivity contribution in [3.63, 3.8) is 0 Å². The zero-order chi connectivity index (χ0) is 22.0. The van der Waals surface area contributed by atoms with E-state index in [0.717, 1.165) is 32.0 Å². The van der Waals surface area contributed by atoms with Crippen molar-refractivity contribution in [2.75, 3.05) is 32.8 Å². The van der Waals surface area contributed by atoms with Crippen molar-refractivity contribution in [3.05, 3.63) is 35.4 Å². The van der Waals surface area contributed by atoms with Gasteiger partial charge < -0.3 is 25.4 Å². The van der Waals surface area contributed by atoms with E-state index in [1.54, 1.807) is 0 Å². The second-order valence-corrected chi connectivity index (χ2v) is 8.68. The molecule has 2 atom stereocenters. The number of ether oxygens (including phenoxy) is 2. The molecule has 1 amide bonds. The van der Waals surface area contributed by atoms with E-state index in [4.69, 9.17) is 14.5 Å². The van der Waals surface area contributed by atoms with Gasteiger partial charge in [0, 0.05) is 38.7 Å². The average Bonchev–Trinajstić information content (AvgIpc) is 2.69. The molecule has 0 bridgehead atoms. The van der Waals surface area contributed by atoms with Gasteiger partial charge in [-0.1, -0.05) is 29.8 Å². The van der Waals surface area contributed by atoms with E-state index in [0.29, 0.717) is 25.6 Å². The summed E-state index contributed by atoms with van der Waals surface area (Å²) in [5, 5.41) is 9.28. The van der Waals surface area contributed by atoms with E-state index < -0.39 is 11.7 Å². The first kappa shape index (κ1) is 27.5. The summed E-state index contributed by atoms with van der Waals surface area (Å²) in [6.07, 6.45) is 1.83. The maximum absolute atomic E-state index is 11.7. The van der Waals surface area contributed by atoms with Crippen molar-refractivity contribution < 1.29 is 14.3 Å². The van der Waals surface area contributed by atoms with Gasteiger partial charge in [0.1, 0.15) is 5.60 Å². The van der Waals surface area contributed by atoms with E-state index in [1.165, 1.54) is 11.1 Å². The zero-order valence-electron chi connectivity index (χ0n) is 19.5. The molecule has 0 spiro atoms. The molecular weight excluding hydrogens is 507 g/mol. The van der Waals surface area contributed by atoms with Crippen molar-refractivity contribution in [1.29, 1.82) is 0 Å². The summed E-state index contributed by atoms with van der Waals surface area (Å²) in [5.41, 5.74) is 1.98. The van der Waals surface area contributed by atoms with Gasteiger partial charge in [-0.05, 0) is 53.0 Å². The number of nitrogens with one attached hydrogen (secondary N) is 3. The number of guanidine groups is 1. The Morgan fingerprint density at radius 2 is 1.84 bits per heavy atom. The lowest BCUT2D eigenvalue weighted by atomic mass is 9.89. The van der Waals surface area contributed by atoms with Gasteiger partial charge >= 0.3 is 6.09 Å². The molecule has 2 unspecified atom stereocenters. The van der Waals surface area contributed by atoms with Crippen molar-refractivity contribution in [2.45, 2.75) is 59.2 Å². The summed E-state index contributed by atoms with van der Waals surface area (Å²) in [6.45, 7) is 13.0. The van der Waals surface area contributed by atoms with Crippen LogP contribution in [0.5, 0.6) is 0 Å². The molecule has 1 saturated heterocycles. The Morgan fingerprint density at radius 1 is 1.16 bits per heavy atom. The van der Waals surface area contributed by atoms with Gasteiger partial charge in [0.15, 0.2) is 5.96 Å². The number of halogens is 1. The number of carbonyl (C=O) groups is 1. The maximum Gasteiger partial charge on any atom is 0.407 e. The highest BCUT2D eigenvalue weighted by Crippen LogP contribution is 2.33. The summed E-state index contributed by atoms with van der Waals surface area (Å²) < 4.78 is 11.3. The molecule has 0 aromatic heterocycles. The van der Waals surface area contributed by atoms with Crippen LogP contribution in [-0.4, -0.2) is 50.4 Å². The minimum Gasteiger partial charge on any atom is -0.444 e. The van der Waals surface area contributed by atoms with Crippen LogP contribution in [0.3, 0.4) is 0 Å². The smallest absolute Gasteiger partial charge is 0.407 e. The molecule has 176 valence electrons. The monoisotopic (exact) mass is 546 g/mol. The van der Waals surface area contributed by atoms with Crippen LogP contribution < -0.4 is 16.0 Å². The van der Waals surface area contributed by atoms with Crippen molar-refractivity contribution >= 4 is 36.0 Å². The second kappa shape index (κ2) is 13.8. The Hall–Kier alpha value is -1.55. The molecule has 7 nitrogen and oxygen atoms in total. The number of nitrogens with zero attached hydrogens (tertiary/aromatic N) is 1. The molecule has 1 heterocycles. The molecule has 8 heteroatoms. The lowest BCUT2D eigenvalue weighted by Crippen LogP contribution is -2.42. The lowest BCUT2D eigenvalue weighted by molar-refractivity contribution is -0.0250.